The van der Waals surface area contributed by atoms with Crippen LogP contribution in [-0.4, -0.2) is 26.7 Å². The molecule has 104 valence electrons. The number of halogens is 2. The van der Waals surface area contributed by atoms with Crippen LogP contribution in [0.25, 0.3) is 11.4 Å². The van der Waals surface area contributed by atoms with Gasteiger partial charge < -0.3 is 5.32 Å². The summed E-state index contributed by atoms with van der Waals surface area (Å²) in [4.78, 5) is 15.7. The molecule has 2 aromatic rings. The molecule has 2 heterocycles. The first kappa shape index (κ1) is 13.2. The number of nitrogens with zero attached hydrogens (tertiary/aromatic N) is 3. The Kier molecular flexibility index (Phi) is 3.52. The summed E-state index contributed by atoms with van der Waals surface area (Å²) in [6, 6.07) is 3.21. The van der Waals surface area contributed by atoms with Gasteiger partial charge in [0.1, 0.15) is 18.1 Å². The van der Waals surface area contributed by atoms with E-state index in [4.69, 9.17) is 0 Å². The third kappa shape index (κ3) is 3.04. The minimum Gasteiger partial charge on any atom is -0.352 e. The van der Waals surface area contributed by atoms with Gasteiger partial charge in [-0.25, -0.2) is 4.39 Å². The van der Waals surface area contributed by atoms with Crippen LogP contribution in [0.15, 0.2) is 29.0 Å². The molecule has 0 bridgehead atoms. The lowest BCUT2D eigenvalue weighted by Crippen LogP contribution is -2.29. The Morgan fingerprint density at radius 1 is 1.50 bits per heavy atom. The van der Waals surface area contributed by atoms with Crippen LogP contribution in [0.2, 0.25) is 0 Å². The van der Waals surface area contributed by atoms with Gasteiger partial charge in [0.2, 0.25) is 5.91 Å². The van der Waals surface area contributed by atoms with Crippen molar-refractivity contribution in [1.82, 2.24) is 20.1 Å². The average Bonchev–Trinajstić information content (AvgIpc) is 3.13. The highest BCUT2D eigenvalue weighted by molar-refractivity contribution is 9.10. The molecule has 0 aromatic carbocycles. The van der Waals surface area contributed by atoms with Gasteiger partial charge in [-0.2, -0.15) is 5.10 Å². The van der Waals surface area contributed by atoms with E-state index in [-0.39, 0.29) is 12.5 Å². The fraction of sp³-hybridized carbons (Fsp3) is 0.308. The zero-order valence-electron chi connectivity index (χ0n) is 10.5. The molecule has 2 aromatic heterocycles. The van der Waals surface area contributed by atoms with Crippen LogP contribution in [0.1, 0.15) is 12.8 Å². The second-order valence-corrected chi connectivity index (χ2v) is 5.58. The Morgan fingerprint density at radius 3 is 2.95 bits per heavy atom. The Hall–Kier alpha value is -1.76. The average molecular weight is 339 g/mol. The zero-order chi connectivity index (χ0) is 14.1. The van der Waals surface area contributed by atoms with E-state index in [9.17, 15) is 9.18 Å². The number of rotatable bonds is 4. The van der Waals surface area contributed by atoms with E-state index >= 15 is 0 Å². The Labute approximate surface area is 123 Å². The lowest BCUT2D eigenvalue weighted by atomic mass is 10.3. The molecule has 0 spiro atoms. The number of amides is 1. The normalized spacial score (nSPS) is 14.3. The molecule has 0 saturated heterocycles. The minimum atomic E-state index is -0.395. The van der Waals surface area contributed by atoms with Gasteiger partial charge in [0, 0.05) is 12.2 Å². The summed E-state index contributed by atoms with van der Waals surface area (Å²) in [6.45, 7) is 0.163. The first-order valence-corrected chi connectivity index (χ1v) is 7.05. The molecular formula is C13H12BrFN4O. The Balaban J connectivity index is 1.76. The highest BCUT2D eigenvalue weighted by atomic mass is 79.9. The van der Waals surface area contributed by atoms with Crippen LogP contribution in [0, 0.1) is 5.82 Å². The molecular weight excluding hydrogens is 327 g/mol. The maximum Gasteiger partial charge on any atom is 0.241 e. The van der Waals surface area contributed by atoms with Gasteiger partial charge in [0.05, 0.1) is 16.4 Å². The third-order valence-corrected chi connectivity index (χ3v) is 3.52. The summed E-state index contributed by atoms with van der Waals surface area (Å²) in [5.74, 6) is -0.450. The van der Waals surface area contributed by atoms with Crippen molar-refractivity contribution in [2.45, 2.75) is 25.4 Å². The van der Waals surface area contributed by atoms with Crippen molar-refractivity contribution in [3.63, 3.8) is 0 Å². The molecule has 20 heavy (non-hydrogen) atoms. The van der Waals surface area contributed by atoms with Crippen molar-refractivity contribution in [2.24, 2.45) is 0 Å². The van der Waals surface area contributed by atoms with Gasteiger partial charge >= 0.3 is 0 Å². The number of nitrogens with one attached hydrogen (secondary N) is 1. The van der Waals surface area contributed by atoms with E-state index in [1.165, 1.54) is 6.07 Å². The van der Waals surface area contributed by atoms with Crippen LogP contribution in [-0.2, 0) is 11.3 Å². The third-order valence-electron chi connectivity index (χ3n) is 2.94. The lowest BCUT2D eigenvalue weighted by molar-refractivity contribution is -0.122. The van der Waals surface area contributed by atoms with Crippen molar-refractivity contribution >= 4 is 21.8 Å². The summed E-state index contributed by atoms with van der Waals surface area (Å²) in [7, 11) is 0. The Morgan fingerprint density at radius 2 is 2.30 bits per heavy atom. The standard InChI is InChI=1S/C13H12BrFN4O/c14-10-6-19(7-12(20)17-9-2-3-9)18-13(10)11-4-1-8(15)5-16-11/h1,4-6,9H,2-3,7H2,(H,17,20). The van der Waals surface area contributed by atoms with Crippen LogP contribution in [0.4, 0.5) is 4.39 Å². The molecule has 1 N–H and O–H groups in total. The first-order valence-electron chi connectivity index (χ1n) is 6.26. The summed E-state index contributed by atoms with van der Waals surface area (Å²) in [6.07, 6.45) is 4.96. The van der Waals surface area contributed by atoms with Gasteiger partial charge in [-0.05, 0) is 40.9 Å². The van der Waals surface area contributed by atoms with Crippen LogP contribution < -0.4 is 5.32 Å². The number of aromatic nitrogens is 3. The maximum absolute atomic E-state index is 12.9. The van der Waals surface area contributed by atoms with Crippen molar-refractivity contribution in [3.05, 3.63) is 34.8 Å². The molecule has 3 rings (SSSR count). The number of hydrogen-bond acceptors (Lipinski definition) is 3. The van der Waals surface area contributed by atoms with Gasteiger partial charge in [0.25, 0.3) is 0 Å². The zero-order valence-corrected chi connectivity index (χ0v) is 12.1. The minimum absolute atomic E-state index is 0.0545. The van der Waals surface area contributed by atoms with Crippen LogP contribution in [0.3, 0.4) is 0 Å². The van der Waals surface area contributed by atoms with E-state index in [1.807, 2.05) is 0 Å². The SMILES string of the molecule is O=C(Cn1cc(Br)c(-c2ccc(F)cn2)n1)NC1CC1. The summed E-state index contributed by atoms with van der Waals surface area (Å²) in [5, 5.41) is 7.20. The quantitative estimate of drug-likeness (QED) is 0.928. The summed E-state index contributed by atoms with van der Waals surface area (Å²) >= 11 is 3.38. The molecule has 1 saturated carbocycles. The van der Waals surface area contributed by atoms with Gasteiger partial charge in [0.15, 0.2) is 0 Å². The van der Waals surface area contributed by atoms with Crippen molar-refractivity contribution in [2.75, 3.05) is 0 Å². The number of pyridine rings is 1. The van der Waals surface area contributed by atoms with E-state index in [0.717, 1.165) is 23.5 Å². The molecule has 7 heteroatoms. The fourth-order valence-electron chi connectivity index (χ4n) is 1.82. The Bertz CT molecular complexity index is 636. The molecule has 0 radical (unpaired) electrons. The predicted octanol–water partition coefficient (Wildman–Crippen LogP) is 2.13. The van der Waals surface area contributed by atoms with E-state index < -0.39 is 5.82 Å². The predicted molar refractivity (Wildman–Crippen MR) is 74.3 cm³/mol. The largest absolute Gasteiger partial charge is 0.352 e. The van der Waals surface area contributed by atoms with E-state index in [2.05, 4.69) is 31.3 Å². The molecule has 0 unspecified atom stereocenters. The molecule has 0 atom stereocenters. The van der Waals surface area contributed by atoms with Crippen LogP contribution in [0.5, 0.6) is 0 Å². The number of hydrogen-bond donors (Lipinski definition) is 1. The van der Waals surface area contributed by atoms with Gasteiger partial charge in [-0.15, -0.1) is 0 Å². The smallest absolute Gasteiger partial charge is 0.241 e. The van der Waals surface area contributed by atoms with E-state index in [0.29, 0.717) is 17.4 Å². The number of carbonyl (C=O) groups excluding carboxylic acids is 1. The topological polar surface area (TPSA) is 59.8 Å². The molecule has 1 fully saturated rings. The van der Waals surface area contributed by atoms with Gasteiger partial charge in [-0.3, -0.25) is 14.5 Å². The highest BCUT2D eigenvalue weighted by Gasteiger charge is 2.23. The number of carbonyl (C=O) groups is 1. The molecule has 1 aliphatic rings. The van der Waals surface area contributed by atoms with Crippen LogP contribution >= 0.6 is 15.9 Å². The van der Waals surface area contributed by atoms with E-state index in [1.54, 1.807) is 16.9 Å². The highest BCUT2D eigenvalue weighted by Crippen LogP contribution is 2.25. The summed E-state index contributed by atoms with van der Waals surface area (Å²) in [5.41, 5.74) is 1.14. The summed E-state index contributed by atoms with van der Waals surface area (Å²) < 4.78 is 15.1. The van der Waals surface area contributed by atoms with Gasteiger partial charge in [-0.1, -0.05) is 0 Å². The second-order valence-electron chi connectivity index (χ2n) is 4.73. The monoisotopic (exact) mass is 338 g/mol. The molecule has 1 aliphatic carbocycles. The van der Waals surface area contributed by atoms with Crippen molar-refractivity contribution in [1.29, 1.82) is 0 Å². The molecule has 5 nitrogen and oxygen atoms in total. The second kappa shape index (κ2) is 5.32. The first-order chi connectivity index (χ1) is 9.61. The molecule has 1 amide bonds. The fourth-order valence-corrected chi connectivity index (χ4v) is 2.33. The van der Waals surface area contributed by atoms with Crippen molar-refractivity contribution < 1.29 is 9.18 Å². The van der Waals surface area contributed by atoms with Crippen molar-refractivity contribution in [3.8, 4) is 11.4 Å². The molecule has 0 aliphatic heterocycles. The lowest BCUT2D eigenvalue weighted by Gasteiger charge is -2.02. The maximum atomic E-state index is 12.9.